The van der Waals surface area contributed by atoms with E-state index in [1.807, 2.05) is 43.3 Å². The average Bonchev–Trinajstić information content (AvgIpc) is 3.01. The maximum absolute atomic E-state index is 12.6. The Bertz CT molecular complexity index is 805. The highest BCUT2D eigenvalue weighted by molar-refractivity contribution is 5.95. The van der Waals surface area contributed by atoms with Crippen molar-refractivity contribution in [1.29, 1.82) is 0 Å². The first-order valence-electron chi connectivity index (χ1n) is 10.3. The standard InChI is InChI=1S/C23H31N3O2/c1-17-15-21(18(2)26(17)20-11-7-4-8-12-20)23(28)25-14-13-24-22(27)16-19-9-5-3-6-10-19/h3,5-6,9-10,15,20H,4,7-8,11-14,16H2,1-2H3,(H,24,27)(H,25,28). The second-order valence-corrected chi connectivity index (χ2v) is 7.71. The van der Waals surface area contributed by atoms with E-state index in [4.69, 9.17) is 0 Å². The molecule has 0 spiro atoms. The fourth-order valence-electron chi connectivity index (χ4n) is 4.23. The summed E-state index contributed by atoms with van der Waals surface area (Å²) in [6.45, 7) is 4.98. The molecule has 2 aromatic rings. The van der Waals surface area contributed by atoms with Crippen LogP contribution in [0.3, 0.4) is 0 Å². The van der Waals surface area contributed by atoms with Gasteiger partial charge >= 0.3 is 0 Å². The molecule has 0 radical (unpaired) electrons. The number of aryl methyl sites for hydroxylation is 1. The molecule has 1 heterocycles. The highest BCUT2D eigenvalue weighted by Gasteiger charge is 2.22. The minimum atomic E-state index is -0.0625. The summed E-state index contributed by atoms with van der Waals surface area (Å²) in [5.41, 5.74) is 3.94. The maximum atomic E-state index is 12.6. The van der Waals surface area contributed by atoms with Gasteiger partial charge in [0.1, 0.15) is 0 Å². The molecular weight excluding hydrogens is 350 g/mol. The van der Waals surface area contributed by atoms with Gasteiger partial charge in [-0.25, -0.2) is 0 Å². The van der Waals surface area contributed by atoms with Crippen molar-refractivity contribution in [2.45, 2.75) is 58.4 Å². The Hall–Kier alpha value is -2.56. The number of hydrogen-bond acceptors (Lipinski definition) is 2. The fraction of sp³-hybridized carbons (Fsp3) is 0.478. The van der Waals surface area contributed by atoms with Crippen molar-refractivity contribution in [2.75, 3.05) is 13.1 Å². The highest BCUT2D eigenvalue weighted by Crippen LogP contribution is 2.32. The van der Waals surface area contributed by atoms with Crippen molar-refractivity contribution in [3.8, 4) is 0 Å². The predicted molar refractivity (Wildman–Crippen MR) is 112 cm³/mol. The zero-order valence-electron chi connectivity index (χ0n) is 17.0. The predicted octanol–water partition coefficient (Wildman–Crippen LogP) is 3.70. The molecule has 2 amide bonds. The molecule has 5 nitrogen and oxygen atoms in total. The number of carbonyl (C=O) groups excluding carboxylic acids is 2. The van der Waals surface area contributed by atoms with Gasteiger partial charge in [-0.15, -0.1) is 0 Å². The van der Waals surface area contributed by atoms with Gasteiger partial charge in [-0.1, -0.05) is 49.6 Å². The van der Waals surface area contributed by atoms with Gasteiger partial charge in [0.25, 0.3) is 5.91 Å². The molecule has 2 N–H and O–H groups in total. The third-order valence-corrected chi connectivity index (χ3v) is 5.61. The second kappa shape index (κ2) is 9.58. The summed E-state index contributed by atoms with van der Waals surface area (Å²) in [7, 11) is 0. The van der Waals surface area contributed by atoms with Crippen LogP contribution in [0.25, 0.3) is 0 Å². The van der Waals surface area contributed by atoms with Crippen molar-refractivity contribution in [1.82, 2.24) is 15.2 Å². The van der Waals surface area contributed by atoms with Crippen molar-refractivity contribution in [3.05, 3.63) is 58.9 Å². The molecule has 150 valence electrons. The highest BCUT2D eigenvalue weighted by atomic mass is 16.2. The van der Waals surface area contributed by atoms with Crippen LogP contribution in [0.1, 0.15) is 65.5 Å². The van der Waals surface area contributed by atoms with Crippen LogP contribution < -0.4 is 10.6 Å². The van der Waals surface area contributed by atoms with Gasteiger partial charge in [0.15, 0.2) is 0 Å². The summed E-state index contributed by atoms with van der Waals surface area (Å²) in [5.74, 6) is -0.0941. The Morgan fingerprint density at radius 2 is 1.68 bits per heavy atom. The number of rotatable bonds is 7. The average molecular weight is 382 g/mol. The Labute approximate surface area is 167 Å². The van der Waals surface area contributed by atoms with Gasteiger partial charge in [-0.2, -0.15) is 0 Å². The molecule has 1 saturated carbocycles. The molecule has 0 aliphatic heterocycles. The molecule has 1 aromatic carbocycles. The third kappa shape index (κ3) is 5.03. The van der Waals surface area contributed by atoms with E-state index in [1.165, 1.54) is 32.1 Å². The van der Waals surface area contributed by atoms with Gasteiger partial charge in [-0.3, -0.25) is 9.59 Å². The number of benzene rings is 1. The first-order chi connectivity index (χ1) is 13.6. The Balaban J connectivity index is 1.48. The molecule has 1 aliphatic carbocycles. The van der Waals surface area contributed by atoms with Crippen LogP contribution in [0.4, 0.5) is 0 Å². The number of hydrogen-bond donors (Lipinski definition) is 2. The van der Waals surface area contributed by atoms with E-state index >= 15 is 0 Å². The maximum Gasteiger partial charge on any atom is 0.253 e. The Morgan fingerprint density at radius 3 is 2.39 bits per heavy atom. The summed E-state index contributed by atoms with van der Waals surface area (Å²) in [4.78, 5) is 24.6. The minimum Gasteiger partial charge on any atom is -0.354 e. The summed E-state index contributed by atoms with van der Waals surface area (Å²) >= 11 is 0. The van der Waals surface area contributed by atoms with E-state index < -0.39 is 0 Å². The Kier molecular flexibility index (Phi) is 6.90. The lowest BCUT2D eigenvalue weighted by Gasteiger charge is -2.26. The summed E-state index contributed by atoms with van der Waals surface area (Å²) in [5, 5.41) is 5.80. The van der Waals surface area contributed by atoms with Crippen LogP contribution in [0.15, 0.2) is 36.4 Å². The van der Waals surface area contributed by atoms with E-state index in [9.17, 15) is 9.59 Å². The molecule has 0 atom stereocenters. The molecule has 5 heteroatoms. The molecule has 1 aromatic heterocycles. The third-order valence-electron chi connectivity index (χ3n) is 5.61. The molecule has 3 rings (SSSR count). The van der Waals surface area contributed by atoms with Crippen molar-refractivity contribution in [2.24, 2.45) is 0 Å². The first kappa shape index (κ1) is 20.2. The lowest BCUT2D eigenvalue weighted by atomic mass is 9.95. The molecule has 1 aliphatic rings. The number of amides is 2. The van der Waals surface area contributed by atoms with Crippen LogP contribution in [-0.4, -0.2) is 29.5 Å². The normalized spacial score (nSPS) is 14.6. The summed E-state index contributed by atoms with van der Waals surface area (Å²) in [6.07, 6.45) is 6.62. The van der Waals surface area contributed by atoms with Crippen molar-refractivity contribution < 1.29 is 9.59 Å². The molecule has 28 heavy (non-hydrogen) atoms. The number of nitrogens with one attached hydrogen (secondary N) is 2. The molecule has 0 unspecified atom stereocenters. The van der Waals surface area contributed by atoms with Gasteiger partial charge in [-0.05, 0) is 38.3 Å². The zero-order chi connectivity index (χ0) is 19.9. The van der Waals surface area contributed by atoms with E-state index in [0.717, 1.165) is 22.5 Å². The first-order valence-corrected chi connectivity index (χ1v) is 10.3. The van der Waals surface area contributed by atoms with Gasteiger partial charge in [0.05, 0.1) is 12.0 Å². The van der Waals surface area contributed by atoms with Crippen LogP contribution in [0.2, 0.25) is 0 Å². The lowest BCUT2D eigenvalue weighted by Crippen LogP contribution is -2.35. The smallest absolute Gasteiger partial charge is 0.253 e. The molecular formula is C23H31N3O2. The quantitative estimate of drug-likeness (QED) is 0.719. The molecule has 0 bridgehead atoms. The van der Waals surface area contributed by atoms with E-state index in [-0.39, 0.29) is 11.8 Å². The largest absolute Gasteiger partial charge is 0.354 e. The van der Waals surface area contributed by atoms with E-state index in [2.05, 4.69) is 22.1 Å². The number of carbonyl (C=O) groups is 2. The zero-order valence-corrected chi connectivity index (χ0v) is 17.0. The number of nitrogens with zero attached hydrogens (tertiary/aromatic N) is 1. The molecule has 1 fully saturated rings. The lowest BCUT2D eigenvalue weighted by molar-refractivity contribution is -0.120. The second-order valence-electron chi connectivity index (χ2n) is 7.71. The summed E-state index contributed by atoms with van der Waals surface area (Å²) in [6, 6.07) is 12.2. The monoisotopic (exact) mass is 381 g/mol. The van der Waals surface area contributed by atoms with Gasteiger partial charge in [0, 0.05) is 30.5 Å². The van der Waals surface area contributed by atoms with Crippen molar-refractivity contribution >= 4 is 11.8 Å². The van der Waals surface area contributed by atoms with Crippen LogP contribution in [0.5, 0.6) is 0 Å². The van der Waals surface area contributed by atoms with Gasteiger partial charge < -0.3 is 15.2 Å². The Morgan fingerprint density at radius 1 is 1.00 bits per heavy atom. The SMILES string of the molecule is Cc1cc(C(=O)NCCNC(=O)Cc2ccccc2)c(C)n1C1CCCCC1. The fourth-order valence-corrected chi connectivity index (χ4v) is 4.23. The summed E-state index contributed by atoms with van der Waals surface area (Å²) < 4.78 is 2.34. The topological polar surface area (TPSA) is 63.1 Å². The molecule has 0 saturated heterocycles. The van der Waals surface area contributed by atoms with Crippen LogP contribution in [-0.2, 0) is 11.2 Å². The van der Waals surface area contributed by atoms with E-state index in [0.29, 0.717) is 25.6 Å². The van der Waals surface area contributed by atoms with E-state index in [1.54, 1.807) is 0 Å². The van der Waals surface area contributed by atoms with Crippen molar-refractivity contribution in [3.63, 3.8) is 0 Å². The van der Waals surface area contributed by atoms with Crippen LogP contribution in [0, 0.1) is 13.8 Å². The number of aromatic nitrogens is 1. The minimum absolute atomic E-state index is 0.0316. The van der Waals surface area contributed by atoms with Gasteiger partial charge in [0.2, 0.25) is 5.91 Å². The van der Waals surface area contributed by atoms with Crippen LogP contribution >= 0.6 is 0 Å².